The summed E-state index contributed by atoms with van der Waals surface area (Å²) in [7, 11) is 0. The lowest BCUT2D eigenvalue weighted by atomic mass is 10.1. The number of aryl methyl sites for hydroxylation is 1. The molecule has 2 aromatic rings. The Bertz CT molecular complexity index is 575. The second kappa shape index (κ2) is 7.36. The summed E-state index contributed by atoms with van der Waals surface area (Å²) in [6.07, 6.45) is 5.42. The van der Waals surface area contributed by atoms with Crippen molar-refractivity contribution in [2.24, 2.45) is 5.92 Å². The highest BCUT2D eigenvalue weighted by Gasteiger charge is 2.13. The Labute approximate surface area is 126 Å². The fraction of sp³-hybridized carbons (Fsp3) is 0.471. The number of imidazole rings is 1. The Morgan fingerprint density at radius 3 is 2.86 bits per heavy atom. The van der Waals surface area contributed by atoms with Crippen LogP contribution in [-0.4, -0.2) is 16.1 Å². The molecule has 1 aromatic carbocycles. The van der Waals surface area contributed by atoms with E-state index in [1.54, 1.807) is 12.3 Å². The van der Waals surface area contributed by atoms with Gasteiger partial charge >= 0.3 is 0 Å². The van der Waals surface area contributed by atoms with Crippen LogP contribution in [0.15, 0.2) is 30.6 Å². The van der Waals surface area contributed by atoms with E-state index in [0.29, 0.717) is 18.2 Å². The highest BCUT2D eigenvalue weighted by molar-refractivity contribution is 5.43. The second-order valence-corrected chi connectivity index (χ2v) is 5.74. The Hall–Kier alpha value is -1.68. The standard InChI is InChI=1S/C17H24FN3/c1-4-6-16-20-9-10-21(16)17-14(7-5-8-15(17)18)12-19-11-13(2)3/h5,7-10,13,19H,4,6,11-12H2,1-3H3. The first-order chi connectivity index (χ1) is 10.1. The minimum Gasteiger partial charge on any atom is -0.312 e. The lowest BCUT2D eigenvalue weighted by molar-refractivity contribution is 0.547. The number of para-hydroxylation sites is 1. The maximum Gasteiger partial charge on any atom is 0.147 e. The molecule has 1 N–H and O–H groups in total. The predicted octanol–water partition coefficient (Wildman–Crippen LogP) is 3.71. The third-order valence-electron chi connectivity index (χ3n) is 3.37. The van der Waals surface area contributed by atoms with Crippen molar-refractivity contribution in [2.75, 3.05) is 6.54 Å². The molecule has 0 unspecified atom stereocenters. The van der Waals surface area contributed by atoms with E-state index in [1.807, 2.05) is 16.8 Å². The van der Waals surface area contributed by atoms with E-state index in [0.717, 1.165) is 30.8 Å². The van der Waals surface area contributed by atoms with Crippen molar-refractivity contribution in [3.63, 3.8) is 0 Å². The van der Waals surface area contributed by atoms with Gasteiger partial charge < -0.3 is 9.88 Å². The molecule has 0 bridgehead atoms. The first-order valence-electron chi connectivity index (χ1n) is 7.64. The van der Waals surface area contributed by atoms with Gasteiger partial charge in [0.05, 0.1) is 5.69 Å². The van der Waals surface area contributed by atoms with Crippen LogP contribution in [0.25, 0.3) is 5.69 Å². The lowest BCUT2D eigenvalue weighted by Gasteiger charge is -2.15. The number of nitrogens with zero attached hydrogens (tertiary/aromatic N) is 2. The fourth-order valence-electron chi connectivity index (χ4n) is 2.41. The predicted molar refractivity (Wildman–Crippen MR) is 84.1 cm³/mol. The molecule has 2 rings (SSSR count). The van der Waals surface area contributed by atoms with Crippen molar-refractivity contribution < 1.29 is 4.39 Å². The van der Waals surface area contributed by atoms with Crippen LogP contribution in [0.1, 0.15) is 38.6 Å². The first-order valence-corrected chi connectivity index (χ1v) is 7.64. The van der Waals surface area contributed by atoms with Gasteiger partial charge in [-0.1, -0.05) is 32.9 Å². The quantitative estimate of drug-likeness (QED) is 0.842. The van der Waals surface area contributed by atoms with Crippen molar-refractivity contribution in [2.45, 2.75) is 40.2 Å². The SMILES string of the molecule is CCCc1nccn1-c1c(F)cccc1CNCC(C)C. The molecule has 0 saturated heterocycles. The van der Waals surface area contributed by atoms with Gasteiger partial charge in [-0.25, -0.2) is 9.37 Å². The van der Waals surface area contributed by atoms with E-state index < -0.39 is 0 Å². The van der Waals surface area contributed by atoms with Gasteiger partial charge in [-0.05, 0) is 30.5 Å². The Balaban J connectivity index is 2.31. The molecule has 0 saturated carbocycles. The van der Waals surface area contributed by atoms with Gasteiger partial charge in [0.2, 0.25) is 0 Å². The maximum atomic E-state index is 14.3. The normalized spacial score (nSPS) is 11.3. The minimum atomic E-state index is -0.200. The van der Waals surface area contributed by atoms with Gasteiger partial charge in [0.15, 0.2) is 0 Å². The van der Waals surface area contributed by atoms with Crippen LogP contribution in [0.2, 0.25) is 0 Å². The summed E-state index contributed by atoms with van der Waals surface area (Å²) in [6, 6.07) is 5.25. The number of aromatic nitrogens is 2. The van der Waals surface area contributed by atoms with Crippen LogP contribution < -0.4 is 5.32 Å². The third kappa shape index (κ3) is 3.91. The van der Waals surface area contributed by atoms with E-state index in [-0.39, 0.29) is 5.82 Å². The number of benzene rings is 1. The molecule has 114 valence electrons. The molecular formula is C17H24FN3. The summed E-state index contributed by atoms with van der Waals surface area (Å²) in [5.41, 5.74) is 1.58. The average Bonchev–Trinajstić information content (AvgIpc) is 2.87. The van der Waals surface area contributed by atoms with E-state index >= 15 is 0 Å². The Morgan fingerprint density at radius 2 is 2.14 bits per heavy atom. The summed E-state index contributed by atoms with van der Waals surface area (Å²) >= 11 is 0. The summed E-state index contributed by atoms with van der Waals surface area (Å²) < 4.78 is 16.2. The molecule has 0 spiro atoms. The molecule has 0 radical (unpaired) electrons. The molecule has 0 amide bonds. The van der Waals surface area contributed by atoms with Crippen molar-refractivity contribution >= 4 is 0 Å². The number of halogens is 1. The Kier molecular flexibility index (Phi) is 5.51. The first kappa shape index (κ1) is 15.7. The summed E-state index contributed by atoms with van der Waals surface area (Å²) in [6.45, 7) is 8.01. The van der Waals surface area contributed by atoms with Crippen LogP contribution >= 0.6 is 0 Å². The molecule has 0 aliphatic heterocycles. The number of rotatable bonds is 7. The lowest BCUT2D eigenvalue weighted by Crippen LogP contribution is -2.20. The molecule has 3 nitrogen and oxygen atoms in total. The number of nitrogens with one attached hydrogen (secondary N) is 1. The van der Waals surface area contributed by atoms with E-state index in [1.165, 1.54) is 6.07 Å². The smallest absolute Gasteiger partial charge is 0.147 e. The second-order valence-electron chi connectivity index (χ2n) is 5.74. The van der Waals surface area contributed by atoms with Crippen LogP contribution in [0, 0.1) is 11.7 Å². The third-order valence-corrected chi connectivity index (χ3v) is 3.37. The topological polar surface area (TPSA) is 29.9 Å². The van der Waals surface area contributed by atoms with Gasteiger partial charge in [-0.3, -0.25) is 0 Å². The zero-order chi connectivity index (χ0) is 15.2. The van der Waals surface area contributed by atoms with Gasteiger partial charge in [0.25, 0.3) is 0 Å². The van der Waals surface area contributed by atoms with E-state index in [2.05, 4.69) is 31.1 Å². The molecule has 0 aliphatic carbocycles. The summed E-state index contributed by atoms with van der Waals surface area (Å²) in [5, 5.41) is 3.38. The number of hydrogen-bond acceptors (Lipinski definition) is 2. The molecule has 21 heavy (non-hydrogen) atoms. The van der Waals surface area contributed by atoms with Gasteiger partial charge in [0, 0.05) is 25.4 Å². The highest BCUT2D eigenvalue weighted by Crippen LogP contribution is 2.21. The molecule has 1 aromatic heterocycles. The number of hydrogen-bond donors (Lipinski definition) is 1. The molecule has 0 fully saturated rings. The van der Waals surface area contributed by atoms with Crippen LogP contribution in [0.3, 0.4) is 0 Å². The average molecular weight is 289 g/mol. The van der Waals surface area contributed by atoms with Gasteiger partial charge in [-0.15, -0.1) is 0 Å². The molecule has 1 heterocycles. The van der Waals surface area contributed by atoms with Crippen LogP contribution in [0.5, 0.6) is 0 Å². The van der Waals surface area contributed by atoms with Crippen LogP contribution in [0.4, 0.5) is 4.39 Å². The van der Waals surface area contributed by atoms with Gasteiger partial charge in [0.1, 0.15) is 11.6 Å². The van der Waals surface area contributed by atoms with E-state index in [9.17, 15) is 4.39 Å². The zero-order valence-corrected chi connectivity index (χ0v) is 13.1. The molecule has 4 heteroatoms. The largest absolute Gasteiger partial charge is 0.312 e. The molecule has 0 atom stereocenters. The molecule has 0 aliphatic rings. The van der Waals surface area contributed by atoms with Crippen molar-refractivity contribution in [3.05, 3.63) is 47.8 Å². The fourth-order valence-corrected chi connectivity index (χ4v) is 2.41. The highest BCUT2D eigenvalue weighted by atomic mass is 19.1. The van der Waals surface area contributed by atoms with Crippen molar-refractivity contribution in [1.29, 1.82) is 0 Å². The van der Waals surface area contributed by atoms with Crippen molar-refractivity contribution in [1.82, 2.24) is 14.9 Å². The van der Waals surface area contributed by atoms with Gasteiger partial charge in [-0.2, -0.15) is 0 Å². The zero-order valence-electron chi connectivity index (χ0n) is 13.1. The van der Waals surface area contributed by atoms with Crippen LogP contribution in [-0.2, 0) is 13.0 Å². The minimum absolute atomic E-state index is 0.200. The maximum absolute atomic E-state index is 14.3. The molecular weight excluding hydrogens is 265 g/mol. The van der Waals surface area contributed by atoms with Crippen molar-refractivity contribution in [3.8, 4) is 5.69 Å². The van der Waals surface area contributed by atoms with E-state index in [4.69, 9.17) is 0 Å². The summed E-state index contributed by atoms with van der Waals surface area (Å²) in [5.74, 6) is 1.29. The summed E-state index contributed by atoms with van der Waals surface area (Å²) in [4.78, 5) is 4.35. The Morgan fingerprint density at radius 1 is 1.33 bits per heavy atom. The monoisotopic (exact) mass is 289 g/mol.